The third-order valence-corrected chi connectivity index (χ3v) is 4.84. The van der Waals surface area contributed by atoms with Crippen molar-refractivity contribution in [3.05, 3.63) is 59.7 Å². The van der Waals surface area contributed by atoms with Crippen LogP contribution in [0.2, 0.25) is 0 Å². The van der Waals surface area contributed by atoms with Crippen molar-refractivity contribution >= 4 is 0 Å². The smallest absolute Gasteiger partial charge is 0.119 e. The maximum atomic E-state index is 9.60. The van der Waals surface area contributed by atoms with E-state index in [1.165, 1.54) is 11.1 Å². The molecule has 1 N–H and O–H groups in total. The second-order valence-corrected chi connectivity index (χ2v) is 6.31. The minimum atomic E-state index is -0.412. The lowest BCUT2D eigenvalue weighted by molar-refractivity contribution is 0.104. The van der Waals surface area contributed by atoms with Crippen LogP contribution in [0.5, 0.6) is 11.5 Å². The number of hydrogen-bond acceptors (Lipinski definition) is 3. The van der Waals surface area contributed by atoms with Gasteiger partial charge in [0.1, 0.15) is 18.1 Å². The van der Waals surface area contributed by atoms with Crippen LogP contribution in [0.15, 0.2) is 48.5 Å². The van der Waals surface area contributed by atoms with Crippen LogP contribution < -0.4 is 9.47 Å². The summed E-state index contributed by atoms with van der Waals surface area (Å²) in [6.07, 6.45) is 1.28. The fourth-order valence-corrected chi connectivity index (χ4v) is 2.76. The van der Waals surface area contributed by atoms with E-state index in [0.29, 0.717) is 13.0 Å². The summed E-state index contributed by atoms with van der Waals surface area (Å²) in [7, 11) is 1.68. The number of methoxy groups -OCH3 is 1. The van der Waals surface area contributed by atoms with E-state index in [1.54, 1.807) is 7.11 Å². The van der Waals surface area contributed by atoms with Crippen LogP contribution in [0.3, 0.4) is 0 Å². The summed E-state index contributed by atoms with van der Waals surface area (Å²) in [5.41, 5.74) is 2.45. The Kier molecular flexibility index (Phi) is 6.27. The van der Waals surface area contributed by atoms with E-state index in [9.17, 15) is 5.11 Å². The monoisotopic (exact) mass is 328 g/mol. The molecule has 2 aromatic rings. The molecule has 0 saturated heterocycles. The normalized spacial score (nSPS) is 14.7. The quantitative estimate of drug-likeness (QED) is 0.772. The fraction of sp³-hybridized carbons (Fsp3) is 0.429. The van der Waals surface area contributed by atoms with E-state index < -0.39 is 6.10 Å². The van der Waals surface area contributed by atoms with Crippen molar-refractivity contribution in [1.29, 1.82) is 0 Å². The molecule has 0 saturated carbocycles. The largest absolute Gasteiger partial charge is 0.497 e. The van der Waals surface area contributed by atoms with Crippen LogP contribution in [0.1, 0.15) is 44.7 Å². The van der Waals surface area contributed by atoms with Crippen molar-refractivity contribution in [3.8, 4) is 11.5 Å². The number of hydrogen-bond donors (Lipinski definition) is 1. The molecule has 0 aromatic heterocycles. The molecule has 2 aromatic carbocycles. The lowest BCUT2D eigenvalue weighted by Gasteiger charge is -2.30. The first kappa shape index (κ1) is 18.3. The molecule has 0 aliphatic rings. The van der Waals surface area contributed by atoms with Gasteiger partial charge in [-0.15, -0.1) is 0 Å². The van der Waals surface area contributed by atoms with Crippen LogP contribution in [-0.2, 0) is 5.41 Å². The van der Waals surface area contributed by atoms with E-state index in [2.05, 4.69) is 38.1 Å². The first-order valence-corrected chi connectivity index (χ1v) is 8.59. The topological polar surface area (TPSA) is 38.7 Å². The lowest BCUT2D eigenvalue weighted by Crippen LogP contribution is -2.22. The molecule has 3 heteroatoms. The molecule has 3 nitrogen and oxygen atoms in total. The van der Waals surface area contributed by atoms with E-state index in [-0.39, 0.29) is 5.41 Å². The summed E-state index contributed by atoms with van der Waals surface area (Å²) in [6.45, 7) is 6.73. The van der Waals surface area contributed by atoms with E-state index in [4.69, 9.17) is 9.47 Å². The molecule has 130 valence electrons. The predicted octanol–water partition coefficient (Wildman–Crippen LogP) is 4.56. The number of rotatable bonds is 8. The summed E-state index contributed by atoms with van der Waals surface area (Å²) in [4.78, 5) is 0. The van der Waals surface area contributed by atoms with Gasteiger partial charge < -0.3 is 14.6 Å². The van der Waals surface area contributed by atoms with Gasteiger partial charge in [-0.2, -0.15) is 0 Å². The summed E-state index contributed by atoms with van der Waals surface area (Å²) in [6, 6.07) is 16.5. The number of aliphatic hydroxyl groups excluding tert-OH is 1. The van der Waals surface area contributed by atoms with Gasteiger partial charge in [0.25, 0.3) is 0 Å². The second-order valence-electron chi connectivity index (χ2n) is 6.31. The lowest BCUT2D eigenvalue weighted by atomic mass is 9.74. The molecule has 0 heterocycles. The first-order chi connectivity index (χ1) is 11.5. The van der Waals surface area contributed by atoms with Crippen molar-refractivity contribution in [3.63, 3.8) is 0 Å². The van der Waals surface area contributed by atoms with Crippen LogP contribution in [0, 0.1) is 0 Å². The Balaban J connectivity index is 2.19. The zero-order valence-corrected chi connectivity index (χ0v) is 15.1. The summed E-state index contributed by atoms with van der Waals surface area (Å²) in [5, 5.41) is 9.60. The highest BCUT2D eigenvalue weighted by molar-refractivity contribution is 5.42. The maximum Gasteiger partial charge on any atom is 0.119 e. The summed E-state index contributed by atoms with van der Waals surface area (Å²) < 4.78 is 10.9. The Labute approximate surface area is 145 Å². The fourth-order valence-electron chi connectivity index (χ4n) is 2.76. The van der Waals surface area contributed by atoms with Crippen molar-refractivity contribution in [2.45, 2.75) is 45.1 Å². The van der Waals surface area contributed by atoms with Gasteiger partial charge in [-0.05, 0) is 48.2 Å². The molecule has 0 aliphatic heterocycles. The predicted molar refractivity (Wildman–Crippen MR) is 98.0 cm³/mol. The second kappa shape index (κ2) is 8.20. The summed E-state index contributed by atoms with van der Waals surface area (Å²) in [5.74, 6) is 1.66. The van der Waals surface area contributed by atoms with Crippen LogP contribution in [0.25, 0.3) is 0 Å². The summed E-state index contributed by atoms with van der Waals surface area (Å²) >= 11 is 0. The standard InChI is InChI=1S/C21H28O3/c1-5-18(22)15-24-20-13-9-17(10-14-20)21(3,6-2)16-7-11-19(23-4)12-8-16/h7-14,18,22H,5-6,15H2,1-4H3. The Hall–Kier alpha value is -2.00. The third kappa shape index (κ3) is 4.09. The molecular formula is C21H28O3. The molecule has 0 bridgehead atoms. The minimum Gasteiger partial charge on any atom is -0.497 e. The molecule has 0 radical (unpaired) electrons. The van der Waals surface area contributed by atoms with Crippen molar-refractivity contribution in [1.82, 2.24) is 0 Å². The van der Waals surface area contributed by atoms with E-state index in [1.807, 2.05) is 31.2 Å². The minimum absolute atomic E-state index is 0.0618. The van der Waals surface area contributed by atoms with Gasteiger partial charge in [0, 0.05) is 5.41 Å². The molecule has 2 unspecified atom stereocenters. The maximum absolute atomic E-state index is 9.60. The Morgan fingerprint density at radius 1 is 0.917 bits per heavy atom. The van der Waals surface area contributed by atoms with Crippen LogP contribution in [-0.4, -0.2) is 24.9 Å². The number of ether oxygens (including phenoxy) is 2. The molecular weight excluding hydrogens is 300 g/mol. The molecule has 0 fully saturated rings. The number of aliphatic hydroxyl groups is 1. The van der Waals surface area contributed by atoms with Crippen molar-refractivity contribution in [2.75, 3.05) is 13.7 Å². The molecule has 24 heavy (non-hydrogen) atoms. The molecule has 0 aliphatic carbocycles. The van der Waals surface area contributed by atoms with Gasteiger partial charge >= 0.3 is 0 Å². The molecule has 2 atom stereocenters. The van der Waals surface area contributed by atoms with Crippen molar-refractivity contribution in [2.24, 2.45) is 0 Å². The average molecular weight is 328 g/mol. The highest BCUT2D eigenvalue weighted by atomic mass is 16.5. The van der Waals surface area contributed by atoms with Gasteiger partial charge in [-0.1, -0.05) is 45.0 Å². The molecule has 0 amide bonds. The molecule has 2 rings (SSSR count). The average Bonchev–Trinajstić information content (AvgIpc) is 2.65. The SMILES string of the molecule is CCC(O)COc1ccc(C(C)(CC)c2ccc(OC)cc2)cc1. The van der Waals surface area contributed by atoms with Crippen LogP contribution in [0.4, 0.5) is 0 Å². The van der Waals surface area contributed by atoms with Crippen LogP contribution >= 0.6 is 0 Å². The van der Waals surface area contributed by atoms with Gasteiger partial charge in [-0.3, -0.25) is 0 Å². The zero-order chi connectivity index (χ0) is 17.6. The van der Waals surface area contributed by atoms with E-state index >= 15 is 0 Å². The highest BCUT2D eigenvalue weighted by Gasteiger charge is 2.26. The Bertz CT molecular complexity index is 619. The zero-order valence-electron chi connectivity index (χ0n) is 15.1. The van der Waals surface area contributed by atoms with E-state index in [0.717, 1.165) is 17.9 Å². The third-order valence-electron chi connectivity index (χ3n) is 4.84. The Morgan fingerprint density at radius 2 is 1.42 bits per heavy atom. The number of benzene rings is 2. The molecule has 0 spiro atoms. The van der Waals surface area contributed by atoms with Crippen molar-refractivity contribution < 1.29 is 14.6 Å². The van der Waals surface area contributed by atoms with Gasteiger partial charge in [0.2, 0.25) is 0 Å². The van der Waals surface area contributed by atoms with Gasteiger partial charge in [0.15, 0.2) is 0 Å². The highest BCUT2D eigenvalue weighted by Crippen LogP contribution is 2.36. The van der Waals surface area contributed by atoms with Gasteiger partial charge in [-0.25, -0.2) is 0 Å². The first-order valence-electron chi connectivity index (χ1n) is 8.59. The van der Waals surface area contributed by atoms with Gasteiger partial charge in [0.05, 0.1) is 13.2 Å². The Morgan fingerprint density at radius 3 is 1.83 bits per heavy atom.